The van der Waals surface area contributed by atoms with E-state index in [2.05, 4.69) is 10.6 Å². The molecule has 2 amide bonds. The Bertz CT molecular complexity index is 495. The maximum atomic E-state index is 12.5. The molecule has 0 aliphatic carbocycles. The van der Waals surface area contributed by atoms with E-state index in [1.54, 1.807) is 11.8 Å². The number of nitrogens with one attached hydrogen (secondary N) is 2. The van der Waals surface area contributed by atoms with Gasteiger partial charge in [0.05, 0.1) is 25.1 Å². The van der Waals surface area contributed by atoms with E-state index >= 15 is 0 Å². The molecule has 8 nitrogen and oxygen atoms in total. The van der Waals surface area contributed by atoms with Crippen molar-refractivity contribution in [2.45, 2.75) is 61.7 Å². The fourth-order valence-corrected chi connectivity index (χ4v) is 5.19. The van der Waals surface area contributed by atoms with E-state index in [1.807, 2.05) is 27.7 Å². The van der Waals surface area contributed by atoms with E-state index in [0.717, 1.165) is 0 Å². The summed E-state index contributed by atoms with van der Waals surface area (Å²) in [5.41, 5.74) is 5.52. The highest BCUT2D eigenvalue weighted by Crippen LogP contribution is 2.54. The molecule has 138 valence electrons. The minimum atomic E-state index is -1.22. The zero-order chi connectivity index (χ0) is 18.7. The highest BCUT2D eigenvalue weighted by Gasteiger charge is 2.55. The molecule has 1 rings (SSSR count). The number of ether oxygens (including phenoxy) is 1. The Morgan fingerprint density at radius 2 is 1.75 bits per heavy atom. The monoisotopic (exact) mass is 361 g/mol. The van der Waals surface area contributed by atoms with Crippen LogP contribution in [0.2, 0.25) is 0 Å². The molecule has 0 bridgehead atoms. The van der Waals surface area contributed by atoms with Crippen molar-refractivity contribution in [3.63, 3.8) is 0 Å². The highest BCUT2D eigenvalue weighted by molar-refractivity contribution is 8.03. The number of carboxylic acid groups (broad SMARTS) is 1. The first-order valence-electron chi connectivity index (χ1n) is 7.68. The van der Waals surface area contributed by atoms with Gasteiger partial charge >= 0.3 is 5.97 Å². The summed E-state index contributed by atoms with van der Waals surface area (Å²) in [6.45, 7) is 8.14. The SMILES string of the molecule is COC[C@H](NC(=O)[C@@H](N)CC(=O)O)C(=O)NC1C(C)(C)SC1(C)C. The van der Waals surface area contributed by atoms with Crippen molar-refractivity contribution < 1.29 is 24.2 Å². The normalized spacial score (nSPS) is 21.2. The molecule has 1 heterocycles. The third kappa shape index (κ3) is 5.09. The first kappa shape index (κ1) is 20.7. The predicted octanol–water partition coefficient (Wildman–Crippen LogP) is -0.292. The van der Waals surface area contributed by atoms with Crippen LogP contribution in [0.5, 0.6) is 0 Å². The molecule has 24 heavy (non-hydrogen) atoms. The molecule has 5 N–H and O–H groups in total. The van der Waals surface area contributed by atoms with E-state index in [9.17, 15) is 14.4 Å². The van der Waals surface area contributed by atoms with E-state index in [1.165, 1.54) is 7.11 Å². The van der Waals surface area contributed by atoms with Crippen molar-refractivity contribution in [3.05, 3.63) is 0 Å². The maximum Gasteiger partial charge on any atom is 0.305 e. The topological polar surface area (TPSA) is 131 Å². The lowest BCUT2D eigenvalue weighted by Gasteiger charge is -2.57. The van der Waals surface area contributed by atoms with Crippen molar-refractivity contribution in [1.29, 1.82) is 0 Å². The quantitative estimate of drug-likeness (QED) is 0.467. The summed E-state index contributed by atoms with van der Waals surface area (Å²) in [6, 6.07) is -2.22. The Balaban J connectivity index is 2.72. The van der Waals surface area contributed by atoms with Gasteiger partial charge in [-0.25, -0.2) is 0 Å². The van der Waals surface area contributed by atoms with E-state index in [4.69, 9.17) is 15.6 Å². The van der Waals surface area contributed by atoms with Crippen molar-refractivity contribution in [3.8, 4) is 0 Å². The van der Waals surface area contributed by atoms with E-state index in [-0.39, 0.29) is 28.0 Å². The first-order valence-corrected chi connectivity index (χ1v) is 8.49. The predicted molar refractivity (Wildman–Crippen MR) is 91.7 cm³/mol. The van der Waals surface area contributed by atoms with Crippen LogP contribution in [0.4, 0.5) is 0 Å². The van der Waals surface area contributed by atoms with Crippen LogP contribution in [0.3, 0.4) is 0 Å². The zero-order valence-corrected chi connectivity index (χ0v) is 15.5. The molecule has 0 aromatic carbocycles. The Morgan fingerprint density at radius 1 is 1.21 bits per heavy atom. The summed E-state index contributed by atoms with van der Waals surface area (Å²) >= 11 is 1.77. The second-order valence-electron chi connectivity index (χ2n) is 6.97. The summed E-state index contributed by atoms with van der Waals surface area (Å²) in [7, 11) is 1.41. The molecule has 0 radical (unpaired) electrons. The highest BCUT2D eigenvalue weighted by atomic mass is 32.2. The summed E-state index contributed by atoms with van der Waals surface area (Å²) in [5, 5.41) is 14.1. The van der Waals surface area contributed by atoms with Gasteiger partial charge in [-0.2, -0.15) is 0 Å². The molecule has 1 saturated heterocycles. The summed E-state index contributed by atoms with van der Waals surface area (Å²) in [5.74, 6) is -2.25. The number of aliphatic carboxylic acids is 1. The lowest BCUT2D eigenvalue weighted by molar-refractivity contribution is -0.139. The van der Waals surface area contributed by atoms with Gasteiger partial charge in [0.15, 0.2) is 0 Å². The third-order valence-corrected chi connectivity index (χ3v) is 5.42. The van der Waals surface area contributed by atoms with Crippen molar-refractivity contribution in [2.75, 3.05) is 13.7 Å². The lowest BCUT2D eigenvalue weighted by atomic mass is 9.89. The molecule has 9 heteroatoms. The van der Waals surface area contributed by atoms with Crippen LogP contribution in [0.1, 0.15) is 34.1 Å². The fraction of sp³-hybridized carbons (Fsp3) is 0.800. The number of hydrogen-bond acceptors (Lipinski definition) is 6. The van der Waals surface area contributed by atoms with Crippen molar-refractivity contribution in [1.82, 2.24) is 10.6 Å². The largest absolute Gasteiger partial charge is 0.481 e. The lowest BCUT2D eigenvalue weighted by Crippen LogP contribution is -2.69. The van der Waals surface area contributed by atoms with Gasteiger partial charge in [0.1, 0.15) is 6.04 Å². The van der Waals surface area contributed by atoms with Gasteiger partial charge in [-0.15, -0.1) is 11.8 Å². The first-order chi connectivity index (χ1) is 10.9. The Kier molecular flexibility index (Phi) is 6.66. The van der Waals surface area contributed by atoms with Crippen molar-refractivity contribution >= 4 is 29.5 Å². The van der Waals surface area contributed by atoms with Gasteiger partial charge in [-0.1, -0.05) is 0 Å². The van der Waals surface area contributed by atoms with Crippen LogP contribution in [-0.2, 0) is 19.1 Å². The number of methoxy groups -OCH3 is 1. The number of hydrogen-bond donors (Lipinski definition) is 4. The number of carbonyl (C=O) groups excluding carboxylic acids is 2. The molecule has 0 aromatic rings. The second-order valence-corrected chi connectivity index (χ2v) is 9.28. The van der Waals surface area contributed by atoms with Crippen LogP contribution in [0.25, 0.3) is 0 Å². The average Bonchev–Trinajstić information content (AvgIpc) is 2.41. The Labute approximate surface area is 146 Å². The van der Waals surface area contributed by atoms with Crippen molar-refractivity contribution in [2.24, 2.45) is 5.73 Å². The molecule has 2 atom stereocenters. The fourth-order valence-electron chi connectivity index (χ4n) is 3.07. The van der Waals surface area contributed by atoms with Crippen LogP contribution in [0.15, 0.2) is 0 Å². The van der Waals surface area contributed by atoms with Gasteiger partial charge in [0, 0.05) is 16.6 Å². The average molecular weight is 361 g/mol. The minimum absolute atomic E-state index is 0.0297. The van der Waals surface area contributed by atoms with E-state index < -0.39 is 30.4 Å². The van der Waals surface area contributed by atoms with Crippen LogP contribution >= 0.6 is 11.8 Å². The Morgan fingerprint density at radius 3 is 2.17 bits per heavy atom. The zero-order valence-electron chi connectivity index (χ0n) is 14.7. The number of carboxylic acids is 1. The molecule has 1 fully saturated rings. The number of carbonyl (C=O) groups is 3. The standard InChI is InChI=1S/C15H27N3O5S/c1-14(2)13(15(3,4)24-14)18-12(22)9(7-23-5)17-11(21)8(16)6-10(19)20/h8-9,13H,6-7,16H2,1-5H3,(H,17,21)(H,18,22)(H,19,20)/t8-,9-/m0/s1. The van der Waals surface area contributed by atoms with Gasteiger partial charge in [0.2, 0.25) is 11.8 Å². The third-order valence-electron chi connectivity index (χ3n) is 3.90. The molecule has 0 spiro atoms. The summed E-state index contributed by atoms with van der Waals surface area (Å²) < 4.78 is 4.76. The number of thioether (sulfide) groups is 1. The molecular weight excluding hydrogens is 334 g/mol. The Hall–Kier alpha value is -1.32. The molecule has 1 aliphatic rings. The molecule has 0 aromatic heterocycles. The minimum Gasteiger partial charge on any atom is -0.481 e. The molecule has 0 saturated carbocycles. The van der Waals surface area contributed by atoms with Gasteiger partial charge < -0.3 is 26.2 Å². The van der Waals surface area contributed by atoms with Crippen LogP contribution in [0, 0.1) is 0 Å². The molecule has 1 aliphatic heterocycles. The van der Waals surface area contributed by atoms with E-state index in [0.29, 0.717) is 0 Å². The molecular formula is C15H27N3O5S. The molecule has 0 unspecified atom stereocenters. The number of rotatable bonds is 8. The number of amides is 2. The van der Waals surface area contributed by atoms with Gasteiger partial charge in [0.25, 0.3) is 0 Å². The van der Waals surface area contributed by atoms with Gasteiger partial charge in [-0.05, 0) is 27.7 Å². The summed E-state index contributed by atoms with van der Waals surface area (Å²) in [4.78, 5) is 35.1. The van der Waals surface area contributed by atoms with Crippen LogP contribution < -0.4 is 16.4 Å². The summed E-state index contributed by atoms with van der Waals surface area (Å²) in [6.07, 6.45) is -0.507. The maximum absolute atomic E-state index is 12.5. The number of nitrogens with two attached hydrogens (primary N) is 1. The van der Waals surface area contributed by atoms with Gasteiger partial charge in [-0.3, -0.25) is 14.4 Å². The van der Waals surface area contributed by atoms with Crippen LogP contribution in [-0.4, -0.2) is 64.2 Å². The second kappa shape index (κ2) is 7.71. The smallest absolute Gasteiger partial charge is 0.305 e.